The van der Waals surface area contributed by atoms with Crippen molar-refractivity contribution in [1.82, 2.24) is 4.98 Å². The predicted octanol–water partition coefficient (Wildman–Crippen LogP) is 1.26. The monoisotopic (exact) mass is 252 g/mol. The second-order valence-electron chi connectivity index (χ2n) is 2.19. The van der Waals surface area contributed by atoms with E-state index in [1.807, 2.05) is 6.07 Å². The Balaban J connectivity index is 0.00000121. The third-order valence-electron chi connectivity index (χ3n) is 1.32. The number of halogens is 2. The van der Waals surface area contributed by atoms with Gasteiger partial charge in [-0.15, -0.1) is 12.4 Å². The Labute approximate surface area is 85.5 Å². The first-order chi connectivity index (χ1) is 5.24. The van der Waals surface area contributed by atoms with Gasteiger partial charge in [0.15, 0.2) is 0 Å². The molecular formula is C7H10BrClN2O. The molecule has 1 unspecified atom stereocenters. The summed E-state index contributed by atoms with van der Waals surface area (Å²) in [6.45, 7) is -0.0799. The maximum atomic E-state index is 8.70. The highest BCUT2D eigenvalue weighted by Gasteiger charge is 2.04. The number of pyridine rings is 1. The average Bonchev–Trinajstić information content (AvgIpc) is 2.03. The van der Waals surface area contributed by atoms with Crippen LogP contribution in [0.1, 0.15) is 11.7 Å². The van der Waals surface area contributed by atoms with Gasteiger partial charge in [0.2, 0.25) is 0 Å². The summed E-state index contributed by atoms with van der Waals surface area (Å²) in [5.74, 6) is 0. The third kappa shape index (κ3) is 3.06. The maximum Gasteiger partial charge on any atom is 0.0705 e. The highest BCUT2D eigenvalue weighted by Crippen LogP contribution is 2.13. The van der Waals surface area contributed by atoms with Crippen LogP contribution in [0.3, 0.4) is 0 Å². The Bertz CT molecular complexity index is 247. The lowest BCUT2D eigenvalue weighted by molar-refractivity contribution is 0.266. The van der Waals surface area contributed by atoms with E-state index in [0.717, 1.165) is 4.47 Å². The normalized spacial score (nSPS) is 11.9. The minimum atomic E-state index is -0.382. The Morgan fingerprint density at radius 1 is 1.67 bits per heavy atom. The van der Waals surface area contributed by atoms with Crippen molar-refractivity contribution in [3.8, 4) is 0 Å². The molecule has 1 atom stereocenters. The van der Waals surface area contributed by atoms with Gasteiger partial charge < -0.3 is 10.8 Å². The van der Waals surface area contributed by atoms with Gasteiger partial charge in [0.1, 0.15) is 0 Å². The van der Waals surface area contributed by atoms with Crippen LogP contribution >= 0.6 is 28.3 Å². The van der Waals surface area contributed by atoms with Gasteiger partial charge in [-0.3, -0.25) is 4.98 Å². The summed E-state index contributed by atoms with van der Waals surface area (Å²) < 4.78 is 0.923. The van der Waals surface area contributed by atoms with E-state index in [-0.39, 0.29) is 25.1 Å². The fraction of sp³-hybridized carbons (Fsp3) is 0.286. The van der Waals surface area contributed by atoms with Crippen LogP contribution < -0.4 is 5.73 Å². The van der Waals surface area contributed by atoms with Crippen LogP contribution in [0.5, 0.6) is 0 Å². The van der Waals surface area contributed by atoms with E-state index in [1.54, 1.807) is 12.3 Å². The summed E-state index contributed by atoms with van der Waals surface area (Å²) in [5, 5.41) is 8.70. The van der Waals surface area contributed by atoms with Crippen molar-refractivity contribution < 1.29 is 5.11 Å². The number of aromatic nitrogens is 1. The largest absolute Gasteiger partial charge is 0.394 e. The summed E-state index contributed by atoms with van der Waals surface area (Å²) in [6, 6.07) is 3.22. The minimum Gasteiger partial charge on any atom is -0.394 e. The molecule has 0 amide bonds. The Morgan fingerprint density at radius 2 is 2.33 bits per heavy atom. The van der Waals surface area contributed by atoms with E-state index in [2.05, 4.69) is 20.9 Å². The zero-order chi connectivity index (χ0) is 8.27. The first-order valence-electron chi connectivity index (χ1n) is 3.22. The quantitative estimate of drug-likeness (QED) is 0.834. The first kappa shape index (κ1) is 11.8. The van der Waals surface area contributed by atoms with E-state index in [4.69, 9.17) is 10.8 Å². The van der Waals surface area contributed by atoms with Gasteiger partial charge in [-0.1, -0.05) is 15.9 Å². The number of hydrogen-bond acceptors (Lipinski definition) is 3. The molecular weight excluding hydrogens is 243 g/mol. The smallest absolute Gasteiger partial charge is 0.0705 e. The van der Waals surface area contributed by atoms with E-state index in [9.17, 15) is 0 Å². The van der Waals surface area contributed by atoms with Crippen LogP contribution in [0.15, 0.2) is 22.8 Å². The van der Waals surface area contributed by atoms with Crippen LogP contribution in [0.4, 0.5) is 0 Å². The molecule has 0 aliphatic heterocycles. The Hall–Kier alpha value is -0.160. The van der Waals surface area contributed by atoms with E-state index < -0.39 is 0 Å². The molecule has 3 nitrogen and oxygen atoms in total. The molecule has 0 fully saturated rings. The van der Waals surface area contributed by atoms with Crippen LogP contribution in [-0.2, 0) is 0 Å². The molecule has 1 rings (SSSR count). The van der Waals surface area contributed by atoms with Gasteiger partial charge in [0, 0.05) is 10.7 Å². The van der Waals surface area contributed by atoms with Crippen molar-refractivity contribution in [3.05, 3.63) is 28.5 Å². The standard InChI is InChI=1S/C7H9BrN2O.ClH/c8-5-1-2-10-7(3-5)6(9)4-11;/h1-3,6,11H,4,9H2;1H. The van der Waals surface area contributed by atoms with E-state index in [0.29, 0.717) is 5.69 Å². The van der Waals surface area contributed by atoms with Crippen molar-refractivity contribution in [1.29, 1.82) is 0 Å². The lowest BCUT2D eigenvalue weighted by Crippen LogP contribution is -2.15. The summed E-state index contributed by atoms with van der Waals surface area (Å²) in [7, 11) is 0. The van der Waals surface area contributed by atoms with Gasteiger partial charge in [0.05, 0.1) is 18.3 Å². The predicted molar refractivity (Wildman–Crippen MR) is 53.2 cm³/mol. The number of aliphatic hydroxyl groups excluding tert-OH is 1. The van der Waals surface area contributed by atoms with Crippen LogP contribution in [0, 0.1) is 0 Å². The van der Waals surface area contributed by atoms with Gasteiger partial charge in [-0.05, 0) is 12.1 Å². The molecule has 0 aromatic carbocycles. The lowest BCUT2D eigenvalue weighted by atomic mass is 10.2. The molecule has 0 spiro atoms. The van der Waals surface area contributed by atoms with Crippen molar-refractivity contribution in [2.45, 2.75) is 6.04 Å². The minimum absolute atomic E-state index is 0. The zero-order valence-electron chi connectivity index (χ0n) is 6.27. The summed E-state index contributed by atoms with van der Waals surface area (Å²) in [5.41, 5.74) is 6.23. The van der Waals surface area contributed by atoms with Crippen molar-refractivity contribution in [3.63, 3.8) is 0 Å². The number of nitrogens with two attached hydrogens (primary N) is 1. The molecule has 1 aromatic rings. The van der Waals surface area contributed by atoms with Gasteiger partial charge in [-0.2, -0.15) is 0 Å². The molecule has 3 N–H and O–H groups in total. The molecule has 0 saturated carbocycles. The number of hydrogen-bond donors (Lipinski definition) is 2. The molecule has 0 aliphatic carbocycles. The fourth-order valence-electron chi connectivity index (χ4n) is 0.717. The van der Waals surface area contributed by atoms with Crippen LogP contribution in [0.2, 0.25) is 0 Å². The van der Waals surface area contributed by atoms with Crippen molar-refractivity contribution >= 4 is 28.3 Å². The topological polar surface area (TPSA) is 59.1 Å². The number of aliphatic hydroxyl groups is 1. The van der Waals surface area contributed by atoms with Crippen molar-refractivity contribution in [2.75, 3.05) is 6.61 Å². The molecule has 1 heterocycles. The summed E-state index contributed by atoms with van der Waals surface area (Å²) in [6.07, 6.45) is 1.65. The highest BCUT2D eigenvalue weighted by molar-refractivity contribution is 9.10. The van der Waals surface area contributed by atoms with E-state index >= 15 is 0 Å². The lowest BCUT2D eigenvalue weighted by Gasteiger charge is -2.06. The van der Waals surface area contributed by atoms with Crippen LogP contribution in [-0.4, -0.2) is 16.7 Å². The average molecular weight is 254 g/mol. The molecule has 1 aromatic heterocycles. The molecule has 0 saturated heterocycles. The molecule has 68 valence electrons. The third-order valence-corrected chi connectivity index (χ3v) is 1.81. The summed E-state index contributed by atoms with van der Waals surface area (Å²) >= 11 is 3.28. The first-order valence-corrected chi connectivity index (χ1v) is 4.01. The van der Waals surface area contributed by atoms with Crippen LogP contribution in [0.25, 0.3) is 0 Å². The van der Waals surface area contributed by atoms with E-state index in [1.165, 1.54) is 0 Å². The number of nitrogens with zero attached hydrogens (tertiary/aromatic N) is 1. The molecule has 0 radical (unpaired) electrons. The molecule has 5 heteroatoms. The Morgan fingerprint density at radius 3 is 2.83 bits per heavy atom. The molecule has 0 aliphatic rings. The highest BCUT2D eigenvalue weighted by atomic mass is 79.9. The molecule has 0 bridgehead atoms. The number of rotatable bonds is 2. The second-order valence-corrected chi connectivity index (χ2v) is 3.10. The molecule has 12 heavy (non-hydrogen) atoms. The van der Waals surface area contributed by atoms with Gasteiger partial charge in [-0.25, -0.2) is 0 Å². The maximum absolute atomic E-state index is 8.70. The van der Waals surface area contributed by atoms with Gasteiger partial charge in [0.25, 0.3) is 0 Å². The zero-order valence-corrected chi connectivity index (χ0v) is 8.68. The van der Waals surface area contributed by atoms with Crippen molar-refractivity contribution in [2.24, 2.45) is 5.73 Å². The summed E-state index contributed by atoms with van der Waals surface area (Å²) in [4.78, 5) is 4.00. The van der Waals surface area contributed by atoms with Gasteiger partial charge >= 0.3 is 0 Å². The fourth-order valence-corrected chi connectivity index (χ4v) is 1.07. The Kier molecular flexibility index (Phi) is 5.41. The SMILES string of the molecule is Cl.NC(CO)c1cc(Br)ccn1. The second kappa shape index (κ2) is 5.48.